The SMILES string of the molecule is CCNc1nc(Oc2ncn(C)n2)c(F)cc1F. The Bertz CT molecular complexity index is 557. The van der Waals surface area contributed by atoms with Gasteiger partial charge in [0.1, 0.15) is 6.33 Å². The van der Waals surface area contributed by atoms with Crippen LogP contribution >= 0.6 is 0 Å². The summed E-state index contributed by atoms with van der Waals surface area (Å²) in [6, 6.07) is 0.640. The van der Waals surface area contributed by atoms with Crippen molar-refractivity contribution in [3.63, 3.8) is 0 Å². The van der Waals surface area contributed by atoms with Crippen LogP contribution < -0.4 is 10.1 Å². The summed E-state index contributed by atoms with van der Waals surface area (Å²) in [5.41, 5.74) is 0. The van der Waals surface area contributed by atoms with E-state index in [0.717, 1.165) is 0 Å². The number of rotatable bonds is 4. The zero-order valence-corrected chi connectivity index (χ0v) is 9.81. The Morgan fingerprint density at radius 3 is 2.78 bits per heavy atom. The van der Waals surface area contributed by atoms with Gasteiger partial charge < -0.3 is 10.1 Å². The molecule has 0 spiro atoms. The van der Waals surface area contributed by atoms with Crippen molar-refractivity contribution in [3.8, 4) is 11.9 Å². The first-order valence-electron chi connectivity index (χ1n) is 5.23. The predicted octanol–water partition coefficient (Wildman–Crippen LogP) is 1.71. The zero-order valence-electron chi connectivity index (χ0n) is 9.81. The molecule has 0 saturated carbocycles. The van der Waals surface area contributed by atoms with Crippen molar-refractivity contribution in [1.29, 1.82) is 0 Å². The van der Waals surface area contributed by atoms with Crippen LogP contribution in [0.25, 0.3) is 0 Å². The molecule has 8 heteroatoms. The van der Waals surface area contributed by atoms with Crippen LogP contribution in [0.15, 0.2) is 12.4 Å². The highest BCUT2D eigenvalue weighted by Gasteiger charge is 2.14. The Labute approximate surface area is 102 Å². The average molecular weight is 255 g/mol. The summed E-state index contributed by atoms with van der Waals surface area (Å²) in [5, 5.41) is 6.46. The molecule has 0 atom stereocenters. The molecular weight excluding hydrogens is 244 g/mol. The second-order valence-corrected chi connectivity index (χ2v) is 3.44. The Morgan fingerprint density at radius 2 is 2.17 bits per heavy atom. The lowest BCUT2D eigenvalue weighted by Gasteiger charge is -2.07. The van der Waals surface area contributed by atoms with Gasteiger partial charge in [0.15, 0.2) is 17.5 Å². The van der Waals surface area contributed by atoms with Crippen LogP contribution in [0.4, 0.5) is 14.6 Å². The average Bonchev–Trinajstić information content (AvgIpc) is 2.71. The molecule has 18 heavy (non-hydrogen) atoms. The first-order chi connectivity index (χ1) is 8.60. The van der Waals surface area contributed by atoms with Gasteiger partial charge in [-0.25, -0.2) is 8.78 Å². The summed E-state index contributed by atoms with van der Waals surface area (Å²) >= 11 is 0. The molecule has 0 saturated heterocycles. The molecule has 0 unspecified atom stereocenters. The number of ether oxygens (including phenoxy) is 1. The molecule has 0 bridgehead atoms. The van der Waals surface area contributed by atoms with Crippen molar-refractivity contribution in [2.24, 2.45) is 7.05 Å². The van der Waals surface area contributed by atoms with Crippen LogP contribution in [0.2, 0.25) is 0 Å². The Kier molecular flexibility index (Phi) is 3.35. The van der Waals surface area contributed by atoms with E-state index >= 15 is 0 Å². The van der Waals surface area contributed by atoms with Crippen molar-refractivity contribution >= 4 is 5.82 Å². The van der Waals surface area contributed by atoms with Crippen molar-refractivity contribution < 1.29 is 13.5 Å². The van der Waals surface area contributed by atoms with E-state index in [0.29, 0.717) is 12.6 Å². The molecule has 2 aromatic heterocycles. The highest BCUT2D eigenvalue weighted by molar-refractivity contribution is 5.40. The van der Waals surface area contributed by atoms with Gasteiger partial charge in [0, 0.05) is 19.7 Å². The second kappa shape index (κ2) is 4.94. The summed E-state index contributed by atoms with van der Waals surface area (Å²) in [5.74, 6) is -2.15. The van der Waals surface area contributed by atoms with Gasteiger partial charge in [-0.1, -0.05) is 0 Å². The van der Waals surface area contributed by atoms with E-state index in [-0.39, 0.29) is 17.7 Å². The van der Waals surface area contributed by atoms with Gasteiger partial charge in [-0.05, 0) is 6.92 Å². The first kappa shape index (κ1) is 12.2. The maximum absolute atomic E-state index is 13.4. The minimum absolute atomic E-state index is 0.0574. The molecule has 0 aromatic carbocycles. The van der Waals surface area contributed by atoms with E-state index < -0.39 is 11.6 Å². The van der Waals surface area contributed by atoms with Crippen molar-refractivity contribution in [1.82, 2.24) is 19.7 Å². The second-order valence-electron chi connectivity index (χ2n) is 3.44. The number of nitrogens with one attached hydrogen (secondary N) is 1. The monoisotopic (exact) mass is 255 g/mol. The van der Waals surface area contributed by atoms with Gasteiger partial charge in [0.25, 0.3) is 5.88 Å². The van der Waals surface area contributed by atoms with E-state index in [1.54, 1.807) is 14.0 Å². The topological polar surface area (TPSA) is 64.9 Å². The van der Waals surface area contributed by atoms with Crippen molar-refractivity contribution in [2.75, 3.05) is 11.9 Å². The van der Waals surface area contributed by atoms with Crippen LogP contribution in [0.3, 0.4) is 0 Å². The molecule has 2 aromatic rings. The predicted molar refractivity (Wildman–Crippen MR) is 59.4 cm³/mol. The van der Waals surface area contributed by atoms with Gasteiger partial charge >= 0.3 is 6.01 Å². The highest BCUT2D eigenvalue weighted by Crippen LogP contribution is 2.23. The van der Waals surface area contributed by atoms with E-state index in [1.807, 2.05) is 0 Å². The molecular formula is C10H11F2N5O. The molecule has 0 aliphatic carbocycles. The van der Waals surface area contributed by atoms with E-state index in [9.17, 15) is 8.78 Å². The molecule has 0 radical (unpaired) electrons. The maximum Gasteiger partial charge on any atom is 0.342 e. The third kappa shape index (κ3) is 2.53. The fraction of sp³-hybridized carbons (Fsp3) is 0.300. The lowest BCUT2D eigenvalue weighted by molar-refractivity contribution is 0.389. The quantitative estimate of drug-likeness (QED) is 0.901. The van der Waals surface area contributed by atoms with Crippen LogP contribution in [0, 0.1) is 11.6 Å². The smallest absolute Gasteiger partial charge is 0.342 e. The van der Waals surface area contributed by atoms with Crippen LogP contribution in [0.1, 0.15) is 6.92 Å². The van der Waals surface area contributed by atoms with Gasteiger partial charge in [-0.2, -0.15) is 9.97 Å². The molecule has 0 aliphatic heterocycles. The van der Waals surface area contributed by atoms with Gasteiger partial charge in [-0.15, -0.1) is 5.10 Å². The van der Waals surface area contributed by atoms with Gasteiger partial charge in [-0.3, -0.25) is 4.68 Å². The number of hydrogen-bond donors (Lipinski definition) is 1. The van der Waals surface area contributed by atoms with Crippen LogP contribution in [0.5, 0.6) is 11.9 Å². The highest BCUT2D eigenvalue weighted by atomic mass is 19.1. The number of anilines is 1. The third-order valence-corrected chi connectivity index (χ3v) is 2.01. The van der Waals surface area contributed by atoms with Crippen LogP contribution in [-0.4, -0.2) is 26.3 Å². The standard InChI is InChI=1S/C10H11F2N5O/c1-3-13-8-6(11)4-7(12)9(15-8)18-10-14-5-17(2)16-10/h4-5H,3H2,1-2H3,(H,13,15). The van der Waals surface area contributed by atoms with Crippen molar-refractivity contribution in [2.45, 2.75) is 6.92 Å². The number of aryl methyl sites for hydroxylation is 1. The van der Waals surface area contributed by atoms with E-state index in [4.69, 9.17) is 4.74 Å². The normalized spacial score (nSPS) is 10.4. The molecule has 0 fully saturated rings. The number of aromatic nitrogens is 4. The molecule has 96 valence electrons. The lowest BCUT2D eigenvalue weighted by atomic mass is 10.4. The van der Waals surface area contributed by atoms with Crippen molar-refractivity contribution in [3.05, 3.63) is 24.0 Å². The molecule has 2 heterocycles. The Morgan fingerprint density at radius 1 is 1.39 bits per heavy atom. The number of nitrogens with zero attached hydrogens (tertiary/aromatic N) is 4. The maximum atomic E-state index is 13.4. The fourth-order valence-electron chi connectivity index (χ4n) is 1.27. The number of pyridine rings is 1. The minimum atomic E-state index is -0.915. The zero-order chi connectivity index (χ0) is 13.1. The molecule has 6 nitrogen and oxygen atoms in total. The van der Waals surface area contributed by atoms with Gasteiger partial charge in [0.2, 0.25) is 0 Å². The fourth-order valence-corrected chi connectivity index (χ4v) is 1.27. The summed E-state index contributed by atoms with van der Waals surface area (Å²) in [4.78, 5) is 7.45. The van der Waals surface area contributed by atoms with Gasteiger partial charge in [0.05, 0.1) is 0 Å². The number of halogens is 2. The van der Waals surface area contributed by atoms with E-state index in [1.165, 1.54) is 11.0 Å². The third-order valence-electron chi connectivity index (χ3n) is 2.01. The summed E-state index contributed by atoms with van der Waals surface area (Å²) in [6.45, 7) is 2.22. The minimum Gasteiger partial charge on any atom is -0.401 e. The number of hydrogen-bond acceptors (Lipinski definition) is 5. The molecule has 2 rings (SSSR count). The lowest BCUT2D eigenvalue weighted by Crippen LogP contribution is -2.05. The largest absolute Gasteiger partial charge is 0.401 e. The Balaban J connectivity index is 2.29. The molecule has 1 N–H and O–H groups in total. The summed E-state index contributed by atoms with van der Waals surface area (Å²) < 4.78 is 33.2. The Hall–Kier alpha value is -2.25. The summed E-state index contributed by atoms with van der Waals surface area (Å²) in [7, 11) is 1.64. The molecule has 0 amide bonds. The molecule has 0 aliphatic rings. The van der Waals surface area contributed by atoms with E-state index in [2.05, 4.69) is 20.4 Å². The summed E-state index contributed by atoms with van der Waals surface area (Å²) in [6.07, 6.45) is 1.39. The van der Waals surface area contributed by atoms with Crippen LogP contribution in [-0.2, 0) is 7.05 Å². The first-order valence-corrected chi connectivity index (χ1v) is 5.23.